The molecule has 0 saturated carbocycles. The van der Waals surface area contributed by atoms with Gasteiger partial charge in [-0.15, -0.1) is 0 Å². The highest BCUT2D eigenvalue weighted by Crippen LogP contribution is 2.36. The summed E-state index contributed by atoms with van der Waals surface area (Å²) in [5.74, 6) is 0.422. The number of aliphatic hydroxyl groups is 1. The van der Waals surface area contributed by atoms with Crippen LogP contribution in [0.2, 0.25) is 0 Å². The fraction of sp³-hybridized carbons (Fsp3) is 0.588. The Morgan fingerprint density at radius 3 is 2.32 bits per heavy atom. The Bertz CT molecular complexity index is 472. The van der Waals surface area contributed by atoms with Crippen LogP contribution < -0.4 is 0 Å². The van der Waals surface area contributed by atoms with E-state index in [2.05, 4.69) is 13.8 Å². The van der Waals surface area contributed by atoms with Crippen molar-refractivity contribution in [3.8, 4) is 0 Å². The smallest absolute Gasteiger partial charge is 0.219 e. The standard InChI is InChI=1S/C17H24O4S/c1-3-17(4-2)11-20-16(21-12-17)14-7-5-13(6-8-14)15(19)22-10-9-18/h5-8,16,18H,3-4,9-12H2,1-2H3. The first kappa shape index (κ1) is 17.5. The highest BCUT2D eigenvalue weighted by molar-refractivity contribution is 8.14. The minimum Gasteiger partial charge on any atom is -0.396 e. The highest BCUT2D eigenvalue weighted by atomic mass is 32.2. The largest absolute Gasteiger partial charge is 0.396 e. The average molecular weight is 324 g/mol. The molecular formula is C17H24O4S. The third kappa shape index (κ3) is 4.10. The maximum absolute atomic E-state index is 11.8. The summed E-state index contributed by atoms with van der Waals surface area (Å²) >= 11 is 1.13. The Kier molecular flexibility index (Phi) is 6.44. The molecule has 0 aliphatic carbocycles. The van der Waals surface area contributed by atoms with Gasteiger partial charge < -0.3 is 14.6 Å². The number of benzene rings is 1. The van der Waals surface area contributed by atoms with Gasteiger partial charge in [0.05, 0.1) is 19.8 Å². The van der Waals surface area contributed by atoms with E-state index in [1.54, 1.807) is 12.1 Å². The number of thioether (sulfide) groups is 1. The van der Waals surface area contributed by atoms with Crippen LogP contribution in [-0.4, -0.2) is 35.8 Å². The van der Waals surface area contributed by atoms with Crippen LogP contribution in [0.1, 0.15) is 48.9 Å². The van der Waals surface area contributed by atoms with Crippen LogP contribution in [0.5, 0.6) is 0 Å². The molecule has 1 aliphatic heterocycles. The number of carbonyl (C=O) groups excluding carboxylic acids is 1. The molecule has 1 saturated heterocycles. The molecule has 0 radical (unpaired) electrons. The number of ether oxygens (including phenoxy) is 2. The maximum Gasteiger partial charge on any atom is 0.219 e. The molecule has 0 spiro atoms. The Morgan fingerprint density at radius 2 is 1.82 bits per heavy atom. The van der Waals surface area contributed by atoms with Crippen molar-refractivity contribution in [3.63, 3.8) is 0 Å². The fourth-order valence-corrected chi connectivity index (χ4v) is 3.02. The molecule has 1 heterocycles. The van der Waals surface area contributed by atoms with E-state index in [1.807, 2.05) is 12.1 Å². The quantitative estimate of drug-likeness (QED) is 0.869. The molecule has 4 nitrogen and oxygen atoms in total. The topological polar surface area (TPSA) is 55.8 Å². The summed E-state index contributed by atoms with van der Waals surface area (Å²) in [6, 6.07) is 7.33. The van der Waals surface area contributed by atoms with E-state index in [1.165, 1.54) is 0 Å². The van der Waals surface area contributed by atoms with Crippen LogP contribution in [-0.2, 0) is 9.47 Å². The minimum absolute atomic E-state index is 0.00878. The summed E-state index contributed by atoms with van der Waals surface area (Å²) in [7, 11) is 0. The van der Waals surface area contributed by atoms with Gasteiger partial charge in [-0.25, -0.2) is 0 Å². The van der Waals surface area contributed by atoms with Crippen LogP contribution in [0.15, 0.2) is 24.3 Å². The van der Waals surface area contributed by atoms with Gasteiger partial charge in [0.15, 0.2) is 6.29 Å². The number of aliphatic hydroxyl groups excluding tert-OH is 1. The predicted octanol–water partition coefficient (Wildman–Crippen LogP) is 3.40. The van der Waals surface area contributed by atoms with Crippen molar-refractivity contribution in [3.05, 3.63) is 35.4 Å². The van der Waals surface area contributed by atoms with Crippen molar-refractivity contribution in [1.82, 2.24) is 0 Å². The maximum atomic E-state index is 11.8. The molecule has 0 unspecified atom stereocenters. The second kappa shape index (κ2) is 8.11. The van der Waals surface area contributed by atoms with Crippen molar-refractivity contribution in [2.45, 2.75) is 33.0 Å². The molecule has 22 heavy (non-hydrogen) atoms. The van der Waals surface area contributed by atoms with Crippen LogP contribution in [0.25, 0.3) is 0 Å². The van der Waals surface area contributed by atoms with E-state index in [9.17, 15) is 4.79 Å². The lowest BCUT2D eigenvalue weighted by atomic mass is 9.83. The SMILES string of the molecule is CCC1(CC)COC(c2ccc(C(=O)SCCO)cc2)OC1. The first-order valence-electron chi connectivity index (χ1n) is 7.75. The Labute approximate surface area is 136 Å². The summed E-state index contributed by atoms with van der Waals surface area (Å²) in [4.78, 5) is 11.8. The van der Waals surface area contributed by atoms with Crippen molar-refractivity contribution in [2.75, 3.05) is 25.6 Å². The zero-order valence-corrected chi connectivity index (χ0v) is 14.0. The van der Waals surface area contributed by atoms with Gasteiger partial charge in [-0.3, -0.25) is 4.79 Å². The lowest BCUT2D eigenvalue weighted by molar-refractivity contribution is -0.235. The summed E-state index contributed by atoms with van der Waals surface area (Å²) < 4.78 is 11.8. The van der Waals surface area contributed by atoms with Gasteiger partial charge in [0.25, 0.3) is 0 Å². The Hall–Kier alpha value is -0.880. The van der Waals surface area contributed by atoms with Gasteiger partial charge in [-0.2, -0.15) is 0 Å². The first-order chi connectivity index (χ1) is 10.6. The van der Waals surface area contributed by atoms with Crippen molar-refractivity contribution >= 4 is 16.9 Å². The molecule has 1 N–H and O–H groups in total. The molecule has 0 bridgehead atoms. The number of rotatable bonds is 6. The Morgan fingerprint density at radius 1 is 1.23 bits per heavy atom. The predicted molar refractivity (Wildman–Crippen MR) is 88.0 cm³/mol. The van der Waals surface area contributed by atoms with Crippen LogP contribution in [0.3, 0.4) is 0 Å². The summed E-state index contributed by atoms with van der Waals surface area (Å²) in [5, 5.41) is 8.73. The lowest BCUT2D eigenvalue weighted by Gasteiger charge is -2.39. The average Bonchev–Trinajstić information content (AvgIpc) is 2.60. The summed E-state index contributed by atoms with van der Waals surface area (Å²) in [6.07, 6.45) is 1.75. The zero-order chi connectivity index (χ0) is 16.0. The number of hydrogen-bond donors (Lipinski definition) is 1. The third-order valence-electron chi connectivity index (χ3n) is 4.32. The minimum atomic E-state index is -0.347. The van der Waals surface area contributed by atoms with E-state index in [0.717, 1.165) is 30.2 Å². The second-order valence-corrected chi connectivity index (χ2v) is 6.71. The third-order valence-corrected chi connectivity index (χ3v) is 5.21. The number of hydrogen-bond acceptors (Lipinski definition) is 5. The summed E-state index contributed by atoms with van der Waals surface area (Å²) in [5.41, 5.74) is 1.70. The van der Waals surface area contributed by atoms with Crippen molar-refractivity contribution in [1.29, 1.82) is 0 Å². The normalized spacial score (nSPS) is 18.3. The fourth-order valence-electron chi connectivity index (χ4n) is 2.44. The van der Waals surface area contributed by atoms with Crippen LogP contribution in [0.4, 0.5) is 0 Å². The summed E-state index contributed by atoms with van der Waals surface area (Å²) in [6.45, 7) is 5.76. The van der Waals surface area contributed by atoms with Gasteiger partial charge >= 0.3 is 0 Å². The molecule has 5 heteroatoms. The molecule has 0 aromatic heterocycles. The molecular weight excluding hydrogens is 300 g/mol. The lowest BCUT2D eigenvalue weighted by Crippen LogP contribution is -2.37. The molecule has 1 fully saturated rings. The highest BCUT2D eigenvalue weighted by Gasteiger charge is 2.34. The monoisotopic (exact) mass is 324 g/mol. The van der Waals surface area contributed by atoms with Gasteiger partial charge in [0, 0.05) is 22.3 Å². The van der Waals surface area contributed by atoms with E-state index in [4.69, 9.17) is 14.6 Å². The molecule has 1 aromatic rings. The van der Waals surface area contributed by atoms with E-state index >= 15 is 0 Å². The number of carbonyl (C=O) groups is 1. The Balaban J connectivity index is 1.96. The molecule has 122 valence electrons. The van der Waals surface area contributed by atoms with Gasteiger partial charge in [0.1, 0.15) is 0 Å². The zero-order valence-electron chi connectivity index (χ0n) is 13.2. The van der Waals surface area contributed by atoms with Crippen molar-refractivity contribution < 1.29 is 19.4 Å². The molecule has 1 aliphatic rings. The first-order valence-corrected chi connectivity index (χ1v) is 8.74. The molecule has 1 aromatic carbocycles. The van der Waals surface area contributed by atoms with Gasteiger partial charge in [0.2, 0.25) is 5.12 Å². The van der Waals surface area contributed by atoms with Crippen LogP contribution in [0, 0.1) is 5.41 Å². The molecule has 0 amide bonds. The second-order valence-electron chi connectivity index (χ2n) is 5.64. The van der Waals surface area contributed by atoms with Gasteiger partial charge in [-0.05, 0) is 12.8 Å². The van der Waals surface area contributed by atoms with Gasteiger partial charge in [-0.1, -0.05) is 49.9 Å². The molecule has 0 atom stereocenters. The van der Waals surface area contributed by atoms with Crippen molar-refractivity contribution in [2.24, 2.45) is 5.41 Å². The van der Waals surface area contributed by atoms with E-state index in [0.29, 0.717) is 24.5 Å². The van der Waals surface area contributed by atoms with E-state index < -0.39 is 0 Å². The molecule has 2 rings (SSSR count). The van der Waals surface area contributed by atoms with E-state index in [-0.39, 0.29) is 23.4 Å². The van der Waals surface area contributed by atoms with Crippen LogP contribution >= 0.6 is 11.8 Å².